The van der Waals surface area contributed by atoms with Gasteiger partial charge < -0.3 is 9.97 Å². The molecule has 3 heteroatoms. The fourth-order valence-electron chi connectivity index (χ4n) is 2.56. The second-order valence-corrected chi connectivity index (χ2v) is 4.43. The SMILES string of the molecule is N#Cc1ccc2[nH]c3c(ccc4cc[nH]c43)c2c1. The third-order valence-corrected chi connectivity index (χ3v) is 3.43. The number of H-pyrrole nitrogens is 2. The number of aromatic amines is 2. The molecule has 2 N–H and O–H groups in total. The third kappa shape index (κ3) is 1.07. The summed E-state index contributed by atoms with van der Waals surface area (Å²) >= 11 is 0. The average Bonchev–Trinajstić information content (AvgIpc) is 3.01. The summed E-state index contributed by atoms with van der Waals surface area (Å²) < 4.78 is 0. The van der Waals surface area contributed by atoms with E-state index in [1.54, 1.807) is 0 Å². The van der Waals surface area contributed by atoms with Crippen molar-refractivity contribution in [1.29, 1.82) is 5.26 Å². The maximum atomic E-state index is 8.98. The zero-order chi connectivity index (χ0) is 12.1. The van der Waals surface area contributed by atoms with Gasteiger partial charge in [0, 0.05) is 27.9 Å². The quantitative estimate of drug-likeness (QED) is 0.476. The average molecular weight is 231 g/mol. The Balaban J connectivity index is 2.27. The molecule has 0 aliphatic carbocycles. The smallest absolute Gasteiger partial charge is 0.0991 e. The van der Waals surface area contributed by atoms with Gasteiger partial charge in [-0.05, 0) is 24.3 Å². The minimum Gasteiger partial charge on any atom is -0.359 e. The summed E-state index contributed by atoms with van der Waals surface area (Å²) in [4.78, 5) is 6.67. The molecule has 4 aromatic rings. The van der Waals surface area contributed by atoms with Crippen LogP contribution in [0.25, 0.3) is 32.7 Å². The summed E-state index contributed by atoms with van der Waals surface area (Å²) in [6.07, 6.45) is 1.94. The lowest BCUT2D eigenvalue weighted by Crippen LogP contribution is -1.72. The van der Waals surface area contributed by atoms with E-state index in [0.29, 0.717) is 5.56 Å². The lowest BCUT2D eigenvalue weighted by molar-refractivity contribution is 1.46. The minimum absolute atomic E-state index is 0.690. The van der Waals surface area contributed by atoms with Gasteiger partial charge in [0.15, 0.2) is 0 Å². The van der Waals surface area contributed by atoms with E-state index in [-0.39, 0.29) is 0 Å². The Hall–Kier alpha value is -2.73. The summed E-state index contributed by atoms with van der Waals surface area (Å²) in [6.45, 7) is 0. The number of nitrogens with zero attached hydrogens (tertiary/aromatic N) is 1. The molecule has 3 nitrogen and oxygen atoms in total. The maximum absolute atomic E-state index is 8.98. The first-order valence-corrected chi connectivity index (χ1v) is 5.78. The van der Waals surface area contributed by atoms with E-state index in [0.717, 1.165) is 27.3 Å². The molecule has 0 unspecified atom stereocenters. The molecule has 0 saturated heterocycles. The normalized spacial score (nSPS) is 11.3. The molecule has 2 heterocycles. The van der Waals surface area contributed by atoms with Gasteiger partial charge in [-0.3, -0.25) is 0 Å². The summed E-state index contributed by atoms with van der Waals surface area (Å²) in [5, 5.41) is 12.4. The second-order valence-electron chi connectivity index (χ2n) is 4.43. The zero-order valence-corrected chi connectivity index (χ0v) is 9.49. The Morgan fingerprint density at radius 2 is 1.89 bits per heavy atom. The molecule has 0 bridgehead atoms. The number of hydrogen-bond acceptors (Lipinski definition) is 1. The molecule has 0 amide bonds. The van der Waals surface area contributed by atoms with Crippen LogP contribution in [-0.4, -0.2) is 9.97 Å². The van der Waals surface area contributed by atoms with Crippen molar-refractivity contribution in [3.05, 3.63) is 48.2 Å². The molecule has 0 atom stereocenters. The van der Waals surface area contributed by atoms with Gasteiger partial charge >= 0.3 is 0 Å². The molecule has 2 aromatic carbocycles. The van der Waals surface area contributed by atoms with Crippen LogP contribution in [0.3, 0.4) is 0 Å². The topological polar surface area (TPSA) is 55.4 Å². The molecule has 0 aliphatic rings. The highest BCUT2D eigenvalue weighted by atomic mass is 14.8. The Labute approximate surface area is 103 Å². The van der Waals surface area contributed by atoms with Crippen molar-refractivity contribution < 1.29 is 0 Å². The zero-order valence-electron chi connectivity index (χ0n) is 9.49. The molecule has 0 radical (unpaired) electrons. The molecule has 84 valence electrons. The Morgan fingerprint density at radius 1 is 0.944 bits per heavy atom. The number of rotatable bonds is 0. The number of fused-ring (bicyclic) bond motifs is 5. The maximum Gasteiger partial charge on any atom is 0.0991 e. The van der Waals surface area contributed by atoms with Crippen molar-refractivity contribution in [2.75, 3.05) is 0 Å². The number of nitrogens with one attached hydrogen (secondary N) is 2. The number of benzene rings is 2. The predicted octanol–water partition coefficient (Wildman–Crippen LogP) is 3.67. The predicted molar refractivity (Wildman–Crippen MR) is 72.4 cm³/mol. The lowest BCUT2D eigenvalue weighted by atomic mass is 10.1. The van der Waals surface area contributed by atoms with Gasteiger partial charge in [0.25, 0.3) is 0 Å². The highest BCUT2D eigenvalue weighted by molar-refractivity contribution is 6.16. The number of aromatic nitrogens is 2. The lowest BCUT2D eigenvalue weighted by Gasteiger charge is -1.93. The van der Waals surface area contributed by atoms with Crippen molar-refractivity contribution in [2.24, 2.45) is 0 Å². The first-order valence-electron chi connectivity index (χ1n) is 5.78. The molecule has 0 saturated carbocycles. The van der Waals surface area contributed by atoms with E-state index in [1.807, 2.05) is 24.4 Å². The van der Waals surface area contributed by atoms with Crippen LogP contribution in [0.4, 0.5) is 0 Å². The summed E-state index contributed by atoms with van der Waals surface area (Å²) in [5.41, 5.74) is 3.96. The largest absolute Gasteiger partial charge is 0.359 e. The molecular weight excluding hydrogens is 222 g/mol. The standard InChI is InChI=1S/C15H9N3/c16-8-9-1-4-13-12(7-9)11-3-2-10-5-6-17-14(10)15(11)18-13/h1-7,17-18H. The molecular formula is C15H9N3. The van der Waals surface area contributed by atoms with E-state index < -0.39 is 0 Å². The van der Waals surface area contributed by atoms with Gasteiger partial charge in [-0.2, -0.15) is 5.26 Å². The van der Waals surface area contributed by atoms with Gasteiger partial charge in [0.05, 0.1) is 22.7 Å². The minimum atomic E-state index is 0.690. The van der Waals surface area contributed by atoms with Crippen LogP contribution in [0.1, 0.15) is 5.56 Å². The molecule has 2 aromatic heterocycles. The molecule has 18 heavy (non-hydrogen) atoms. The first kappa shape index (κ1) is 9.32. The van der Waals surface area contributed by atoms with Crippen LogP contribution >= 0.6 is 0 Å². The van der Waals surface area contributed by atoms with Crippen molar-refractivity contribution in [3.63, 3.8) is 0 Å². The summed E-state index contributed by atoms with van der Waals surface area (Å²) in [6, 6.07) is 14.2. The van der Waals surface area contributed by atoms with Gasteiger partial charge in [-0.1, -0.05) is 12.1 Å². The molecule has 0 aliphatic heterocycles. The van der Waals surface area contributed by atoms with Crippen molar-refractivity contribution in [1.82, 2.24) is 9.97 Å². The van der Waals surface area contributed by atoms with Crippen LogP contribution < -0.4 is 0 Å². The summed E-state index contributed by atoms with van der Waals surface area (Å²) in [5.74, 6) is 0. The van der Waals surface area contributed by atoms with Crippen LogP contribution in [0.5, 0.6) is 0 Å². The van der Waals surface area contributed by atoms with Gasteiger partial charge in [0.2, 0.25) is 0 Å². The van der Waals surface area contributed by atoms with Crippen LogP contribution in [0, 0.1) is 11.3 Å². The fourth-order valence-corrected chi connectivity index (χ4v) is 2.56. The van der Waals surface area contributed by atoms with Crippen LogP contribution in [0.15, 0.2) is 42.6 Å². The highest BCUT2D eigenvalue weighted by Crippen LogP contribution is 2.30. The fraction of sp³-hybridized carbons (Fsp3) is 0. The van der Waals surface area contributed by atoms with Gasteiger partial charge in [-0.15, -0.1) is 0 Å². The Kier molecular flexibility index (Phi) is 1.63. The van der Waals surface area contributed by atoms with E-state index in [9.17, 15) is 0 Å². The van der Waals surface area contributed by atoms with E-state index in [2.05, 4.69) is 34.2 Å². The molecule has 0 fully saturated rings. The Morgan fingerprint density at radius 3 is 2.78 bits per heavy atom. The second kappa shape index (κ2) is 3.14. The monoisotopic (exact) mass is 231 g/mol. The van der Waals surface area contributed by atoms with Gasteiger partial charge in [0.1, 0.15) is 0 Å². The van der Waals surface area contributed by atoms with Crippen molar-refractivity contribution >= 4 is 32.7 Å². The van der Waals surface area contributed by atoms with E-state index in [4.69, 9.17) is 5.26 Å². The van der Waals surface area contributed by atoms with Crippen molar-refractivity contribution in [2.45, 2.75) is 0 Å². The summed E-state index contributed by atoms with van der Waals surface area (Å²) in [7, 11) is 0. The van der Waals surface area contributed by atoms with Crippen LogP contribution in [0.2, 0.25) is 0 Å². The first-order chi connectivity index (χ1) is 8.86. The highest BCUT2D eigenvalue weighted by Gasteiger charge is 2.08. The molecule has 0 spiro atoms. The van der Waals surface area contributed by atoms with Crippen molar-refractivity contribution in [3.8, 4) is 6.07 Å². The van der Waals surface area contributed by atoms with E-state index in [1.165, 1.54) is 5.39 Å². The molecule has 4 rings (SSSR count). The Bertz CT molecular complexity index is 935. The number of nitriles is 1. The van der Waals surface area contributed by atoms with Crippen LogP contribution in [-0.2, 0) is 0 Å². The third-order valence-electron chi connectivity index (χ3n) is 3.43. The van der Waals surface area contributed by atoms with Gasteiger partial charge in [-0.25, -0.2) is 0 Å². The van der Waals surface area contributed by atoms with E-state index >= 15 is 0 Å². The number of hydrogen-bond donors (Lipinski definition) is 2.